The summed E-state index contributed by atoms with van der Waals surface area (Å²) in [5, 5.41) is 23.8. The Balaban J connectivity index is 1.65. The Bertz CT molecular complexity index is 2020. The highest BCUT2D eigenvalue weighted by Crippen LogP contribution is 2.41. The van der Waals surface area contributed by atoms with Crippen molar-refractivity contribution in [2.45, 2.75) is 226 Å². The summed E-state index contributed by atoms with van der Waals surface area (Å²) in [5.74, 6) is -7.25. The van der Waals surface area contributed by atoms with E-state index in [1.807, 2.05) is 58.1 Å². The van der Waals surface area contributed by atoms with E-state index in [-0.39, 0.29) is 59.8 Å². The zero-order chi connectivity index (χ0) is 56.0. The van der Waals surface area contributed by atoms with Gasteiger partial charge in [-0.3, -0.25) is 19.2 Å². The van der Waals surface area contributed by atoms with Gasteiger partial charge in [-0.1, -0.05) is 91.8 Å². The number of aliphatic hydroxyl groups is 2. The van der Waals surface area contributed by atoms with Crippen LogP contribution in [0.25, 0.3) is 0 Å². The molecule has 0 unspecified atom stereocenters. The van der Waals surface area contributed by atoms with Crippen molar-refractivity contribution < 1.29 is 62.3 Å². The average molecular weight is 1070 g/mol. The molecular formula is C60H99NO13Si. The molecule has 4 rings (SSSR count). The minimum atomic E-state index is -2.42. The fourth-order valence-electron chi connectivity index (χ4n) is 11.5. The average Bonchev–Trinajstić information content (AvgIpc) is 3.36. The molecule has 3 heterocycles. The molecule has 1 amide bonds. The zero-order valence-corrected chi connectivity index (χ0v) is 49.7. The molecule has 75 heavy (non-hydrogen) atoms. The van der Waals surface area contributed by atoms with Crippen molar-refractivity contribution in [2.24, 2.45) is 41.4 Å². The van der Waals surface area contributed by atoms with Crippen LogP contribution in [0, 0.1) is 41.4 Å². The minimum Gasteiger partial charge on any atom is -0.460 e. The van der Waals surface area contributed by atoms with Gasteiger partial charge in [0.25, 0.3) is 11.7 Å². The van der Waals surface area contributed by atoms with Crippen molar-refractivity contribution >= 4 is 37.5 Å². The smallest absolute Gasteiger partial charge is 0.329 e. The van der Waals surface area contributed by atoms with Crippen LogP contribution in [0.5, 0.6) is 0 Å². The Hall–Kier alpha value is -3.15. The van der Waals surface area contributed by atoms with Gasteiger partial charge in [0.05, 0.1) is 18.3 Å². The van der Waals surface area contributed by atoms with E-state index >= 15 is 0 Å². The number of hydrogen-bond donors (Lipinski definition) is 2. The van der Waals surface area contributed by atoms with Gasteiger partial charge in [-0.15, -0.1) is 0 Å². The lowest BCUT2D eigenvalue weighted by molar-refractivity contribution is -0.265. The molecule has 4 aliphatic rings. The van der Waals surface area contributed by atoms with Crippen LogP contribution < -0.4 is 0 Å². The maximum Gasteiger partial charge on any atom is 0.329 e. The number of hydrogen-bond acceptors (Lipinski definition) is 13. The second kappa shape index (κ2) is 29.2. The van der Waals surface area contributed by atoms with E-state index in [1.165, 1.54) is 12.0 Å². The number of rotatable bonds is 11. The standard InChI is InChI=1S/C60H99NO13Si/c1-38-22-17-16-18-23-39(2)50(69-11)36-47-29-26-44(7)60(68,74-47)56(65)57(66)61-30-20-19-25-48(61)58(67)73-51(37-49(62)40(3)33-43(6)54(64)55(71-13)53(63)42(5)32-38)41(4)34-45-27-28-46(52(35-45)70-12)24-21-31-72-75(14,15)59(8,9)10/h16-18,22-23,33,38,40-42,44-48,50-52,54-55,64,68H,19-21,24-32,34-37H2,1-15H3/b18-16?,22-17+,39-23?,43-33+/t38-,40-,41-,42-,44-,45+,46-,47+,48+,50+,51+,52-,54-,55+,60-/m1/s1. The van der Waals surface area contributed by atoms with Crippen molar-refractivity contribution in [1.82, 2.24) is 4.90 Å². The highest BCUT2D eigenvalue weighted by Gasteiger charge is 2.53. The van der Waals surface area contributed by atoms with E-state index < -0.39 is 86.1 Å². The summed E-state index contributed by atoms with van der Waals surface area (Å²) in [7, 11) is 2.90. The van der Waals surface area contributed by atoms with Gasteiger partial charge in [0, 0.05) is 65.1 Å². The number of esters is 1. The first kappa shape index (κ1) is 64.4. The van der Waals surface area contributed by atoms with Crippen molar-refractivity contribution in [2.75, 3.05) is 34.5 Å². The zero-order valence-electron chi connectivity index (χ0n) is 48.7. The largest absolute Gasteiger partial charge is 0.460 e. The number of cyclic esters (lactones) is 1. The molecule has 15 atom stereocenters. The predicted molar refractivity (Wildman–Crippen MR) is 295 cm³/mol. The molecule has 0 aromatic carbocycles. The fraction of sp³-hybridized carbons (Fsp3) is 0.783. The van der Waals surface area contributed by atoms with Gasteiger partial charge in [0.15, 0.2) is 14.1 Å². The number of methoxy groups -OCH3 is 3. The summed E-state index contributed by atoms with van der Waals surface area (Å²) >= 11 is 0. The number of allylic oxidation sites excluding steroid dienone is 6. The molecule has 426 valence electrons. The van der Waals surface area contributed by atoms with Crippen LogP contribution in [0.4, 0.5) is 0 Å². The number of nitrogens with zero attached hydrogens (tertiary/aromatic N) is 1. The molecule has 3 fully saturated rings. The predicted octanol–water partition coefficient (Wildman–Crippen LogP) is 10.2. The maximum atomic E-state index is 14.6. The summed E-state index contributed by atoms with van der Waals surface area (Å²) in [6.07, 6.45) is 15.4. The first-order chi connectivity index (χ1) is 35.2. The Kier molecular flexibility index (Phi) is 25.0. The molecule has 2 saturated heterocycles. The highest BCUT2D eigenvalue weighted by atomic mass is 28.4. The molecule has 0 aromatic rings. The van der Waals surface area contributed by atoms with Crippen molar-refractivity contribution in [3.63, 3.8) is 0 Å². The van der Waals surface area contributed by atoms with Crippen LogP contribution in [0.2, 0.25) is 18.1 Å². The fourth-order valence-corrected chi connectivity index (χ4v) is 12.5. The molecule has 0 radical (unpaired) electrons. The SMILES string of the molecule is CO[C@H]1C[C@@H]2CC[C@@H](C)[C@@](O)(O2)C(=O)C(=O)N2CCCC[C@H]2C(=O)O[C@H]([C@H](C)C[C@@H]2CC[C@@H](CCCO[Si](C)(C)C(C)(C)C)[C@H](OC)C2)CC(=O)[C@H](C)/C=C(\C)[C@@H](O)[C@@H](OC)C(=O)[C@H](C)C[C@H](C)/C=C/C=CC=C1C. The summed E-state index contributed by atoms with van der Waals surface area (Å²) in [6.45, 7) is 25.0. The first-order valence-electron chi connectivity index (χ1n) is 28.3. The molecule has 14 nitrogen and oxygen atoms in total. The van der Waals surface area contributed by atoms with Crippen LogP contribution >= 0.6 is 0 Å². The molecule has 2 bridgehead atoms. The van der Waals surface area contributed by atoms with E-state index in [4.69, 9.17) is 28.1 Å². The number of fused-ring (bicyclic) bond motifs is 3. The Morgan fingerprint density at radius 2 is 1.57 bits per heavy atom. The van der Waals surface area contributed by atoms with Gasteiger partial charge in [-0.05, 0) is 144 Å². The topological polar surface area (TPSA) is 184 Å². The minimum absolute atomic E-state index is 0.0223. The molecule has 15 heteroatoms. The van der Waals surface area contributed by atoms with Crippen molar-refractivity contribution in [3.05, 3.63) is 47.6 Å². The van der Waals surface area contributed by atoms with E-state index in [9.17, 15) is 34.2 Å². The van der Waals surface area contributed by atoms with Crippen LogP contribution in [0.15, 0.2) is 47.6 Å². The lowest BCUT2D eigenvalue weighted by Gasteiger charge is -2.42. The molecule has 0 aromatic heterocycles. The van der Waals surface area contributed by atoms with E-state index in [0.29, 0.717) is 56.4 Å². The second-order valence-electron chi connectivity index (χ2n) is 24.5. The van der Waals surface area contributed by atoms with Crippen molar-refractivity contribution in [3.8, 4) is 0 Å². The summed E-state index contributed by atoms with van der Waals surface area (Å²) in [4.78, 5) is 72.8. The lowest BCUT2D eigenvalue weighted by Crippen LogP contribution is -2.61. The number of carbonyl (C=O) groups is 5. The van der Waals surface area contributed by atoms with E-state index in [2.05, 4.69) is 33.9 Å². The third-order valence-electron chi connectivity index (χ3n) is 17.6. The number of amides is 1. The third-order valence-corrected chi connectivity index (χ3v) is 22.2. The third kappa shape index (κ3) is 17.7. The molecule has 1 aliphatic carbocycles. The van der Waals surface area contributed by atoms with Gasteiger partial charge in [0.2, 0.25) is 5.79 Å². The van der Waals surface area contributed by atoms with Gasteiger partial charge in [-0.25, -0.2) is 4.79 Å². The number of aliphatic hydroxyl groups excluding tert-OH is 1. The van der Waals surface area contributed by atoms with Gasteiger partial charge >= 0.3 is 5.97 Å². The van der Waals surface area contributed by atoms with Gasteiger partial charge in [0.1, 0.15) is 30.1 Å². The number of carbonyl (C=O) groups excluding carboxylic acids is 5. The number of ether oxygens (including phenoxy) is 5. The van der Waals surface area contributed by atoms with Crippen LogP contribution in [-0.2, 0) is 52.1 Å². The van der Waals surface area contributed by atoms with Crippen LogP contribution in [0.1, 0.15) is 159 Å². The molecule has 2 N–H and O–H groups in total. The quantitative estimate of drug-likeness (QED) is 0.0656. The molecule has 0 spiro atoms. The van der Waals surface area contributed by atoms with E-state index in [1.54, 1.807) is 41.1 Å². The molecule has 3 aliphatic heterocycles. The summed E-state index contributed by atoms with van der Waals surface area (Å²) < 4.78 is 36.7. The monoisotopic (exact) mass is 1070 g/mol. The number of piperidine rings is 1. The lowest BCUT2D eigenvalue weighted by atomic mass is 9.74. The first-order valence-corrected chi connectivity index (χ1v) is 31.2. The molecule has 1 saturated carbocycles. The summed E-state index contributed by atoms with van der Waals surface area (Å²) in [5.41, 5.74) is 1.30. The normalized spacial score (nSPS) is 36.0. The van der Waals surface area contributed by atoms with Gasteiger partial charge < -0.3 is 43.2 Å². The van der Waals surface area contributed by atoms with Gasteiger partial charge in [-0.2, -0.15) is 0 Å². The highest BCUT2D eigenvalue weighted by molar-refractivity contribution is 6.74. The number of Topliss-reactive ketones (excluding diaryl/α,β-unsaturated/α-hetero) is 3. The van der Waals surface area contributed by atoms with E-state index in [0.717, 1.165) is 44.3 Å². The second-order valence-corrected chi connectivity index (χ2v) is 29.3. The Labute approximate surface area is 452 Å². The molecular weight excluding hydrogens is 971 g/mol. The summed E-state index contributed by atoms with van der Waals surface area (Å²) in [6, 6.07) is -1.12. The Morgan fingerprint density at radius 3 is 2.23 bits per heavy atom. The van der Waals surface area contributed by atoms with Crippen LogP contribution in [0.3, 0.4) is 0 Å². The maximum absolute atomic E-state index is 14.6. The Morgan fingerprint density at radius 1 is 0.867 bits per heavy atom. The van der Waals surface area contributed by atoms with Crippen molar-refractivity contribution in [1.29, 1.82) is 0 Å². The van der Waals surface area contributed by atoms with Crippen LogP contribution in [-0.4, -0.2) is 136 Å². The number of ketones is 3.